The lowest BCUT2D eigenvalue weighted by atomic mass is 10.0. The van der Waals surface area contributed by atoms with E-state index in [9.17, 15) is 43.2 Å². The summed E-state index contributed by atoms with van der Waals surface area (Å²) in [6, 6.07) is 0. The number of carbonyl (C=O) groups is 4. The molecule has 564 valence electrons. The fourth-order valence-electron chi connectivity index (χ4n) is 11.7. The van der Waals surface area contributed by atoms with Gasteiger partial charge in [-0.1, -0.05) is 349 Å². The van der Waals surface area contributed by atoms with Crippen LogP contribution in [0, 0.1) is 5.92 Å². The molecule has 0 heterocycles. The third-order valence-corrected chi connectivity index (χ3v) is 19.7. The van der Waals surface area contributed by atoms with Gasteiger partial charge in [-0.05, 0) is 31.6 Å². The largest absolute Gasteiger partial charge is 0.472 e. The smallest absolute Gasteiger partial charge is 0.462 e. The number of ether oxygens (including phenoxy) is 4. The van der Waals surface area contributed by atoms with Crippen molar-refractivity contribution in [3.63, 3.8) is 0 Å². The Morgan fingerprint density at radius 2 is 0.484 bits per heavy atom. The van der Waals surface area contributed by atoms with Gasteiger partial charge in [0.1, 0.15) is 19.3 Å². The number of hydrogen-bond acceptors (Lipinski definition) is 15. The third kappa shape index (κ3) is 70.3. The molecule has 5 atom stereocenters. The van der Waals surface area contributed by atoms with Crippen LogP contribution in [-0.4, -0.2) is 96.7 Å². The molecule has 19 heteroatoms. The summed E-state index contributed by atoms with van der Waals surface area (Å²) in [4.78, 5) is 72.7. The summed E-state index contributed by atoms with van der Waals surface area (Å²) in [5.41, 5.74) is 0. The number of esters is 4. The fraction of sp³-hybridized carbons (Fsp3) is 0.947. The molecule has 3 N–H and O–H groups in total. The second kappa shape index (κ2) is 69.2. The fourth-order valence-corrected chi connectivity index (χ4v) is 13.3. The molecular weight excluding hydrogens is 1250 g/mol. The maximum absolute atomic E-state index is 13.1. The molecule has 0 saturated heterocycles. The van der Waals surface area contributed by atoms with Gasteiger partial charge in [-0.2, -0.15) is 0 Å². The van der Waals surface area contributed by atoms with E-state index in [0.717, 1.165) is 96.3 Å². The van der Waals surface area contributed by atoms with Gasteiger partial charge in [-0.25, -0.2) is 9.13 Å². The Balaban J connectivity index is 5.20. The van der Waals surface area contributed by atoms with Crippen molar-refractivity contribution >= 4 is 39.5 Å². The number of carbonyl (C=O) groups excluding carboxylic acids is 4. The van der Waals surface area contributed by atoms with Crippen LogP contribution in [0.1, 0.15) is 401 Å². The maximum Gasteiger partial charge on any atom is 0.472 e. The zero-order valence-electron chi connectivity index (χ0n) is 61.8. The van der Waals surface area contributed by atoms with E-state index in [0.29, 0.717) is 31.6 Å². The SMILES string of the molecule is CCCCCCCCCCCCCCCCCCCCCCC(=O)O[C@H](COC(=O)CCCCCCCCCCCCCCC)COP(=O)(O)OC[C@@H](O)COP(=O)(O)OC[C@@H](COC(=O)CCCCCCCCC(C)C)OC(=O)CCCCCCCCCCCCCCC. The molecule has 2 unspecified atom stereocenters. The Bertz CT molecular complexity index is 1820. The van der Waals surface area contributed by atoms with E-state index in [1.54, 1.807) is 0 Å². The Morgan fingerprint density at radius 1 is 0.284 bits per heavy atom. The number of rotatable bonds is 76. The summed E-state index contributed by atoms with van der Waals surface area (Å²) in [5, 5.41) is 10.6. The van der Waals surface area contributed by atoms with Gasteiger partial charge in [0, 0.05) is 25.7 Å². The van der Waals surface area contributed by atoms with Crippen molar-refractivity contribution in [3.05, 3.63) is 0 Å². The molecule has 95 heavy (non-hydrogen) atoms. The molecule has 17 nitrogen and oxygen atoms in total. The molecule has 0 bridgehead atoms. The van der Waals surface area contributed by atoms with Gasteiger partial charge < -0.3 is 33.8 Å². The van der Waals surface area contributed by atoms with Gasteiger partial charge in [0.2, 0.25) is 0 Å². The minimum absolute atomic E-state index is 0.107. The minimum Gasteiger partial charge on any atom is -0.462 e. The number of phosphoric ester groups is 2. The number of aliphatic hydroxyl groups is 1. The molecule has 0 rings (SSSR count). The number of phosphoric acid groups is 2. The molecule has 0 aromatic carbocycles. The summed E-state index contributed by atoms with van der Waals surface area (Å²) in [7, 11) is -9.91. The van der Waals surface area contributed by atoms with Crippen molar-refractivity contribution in [2.45, 2.75) is 419 Å². The molecule has 0 radical (unpaired) electrons. The van der Waals surface area contributed by atoms with Crippen LogP contribution in [0.15, 0.2) is 0 Å². The van der Waals surface area contributed by atoms with Crippen molar-refractivity contribution in [1.82, 2.24) is 0 Å². The highest BCUT2D eigenvalue weighted by molar-refractivity contribution is 7.47. The van der Waals surface area contributed by atoms with Crippen molar-refractivity contribution in [2.24, 2.45) is 5.92 Å². The van der Waals surface area contributed by atoms with Crippen LogP contribution in [0.2, 0.25) is 0 Å². The first-order valence-electron chi connectivity index (χ1n) is 39.6. The maximum atomic E-state index is 13.1. The normalized spacial score (nSPS) is 13.9. The summed E-state index contributed by atoms with van der Waals surface area (Å²) in [5.74, 6) is -1.43. The average molecular weight is 1400 g/mol. The Kier molecular flexibility index (Phi) is 67.7. The molecule has 0 saturated carbocycles. The Morgan fingerprint density at radius 3 is 0.716 bits per heavy atom. The van der Waals surface area contributed by atoms with Gasteiger partial charge in [0.05, 0.1) is 26.4 Å². The number of unbranched alkanes of at least 4 members (excludes halogenated alkanes) is 48. The minimum atomic E-state index is -4.96. The molecule has 0 aliphatic rings. The van der Waals surface area contributed by atoms with Gasteiger partial charge in [-0.3, -0.25) is 37.3 Å². The summed E-state index contributed by atoms with van der Waals surface area (Å²) in [6.07, 6.45) is 58.4. The van der Waals surface area contributed by atoms with Gasteiger partial charge >= 0.3 is 39.5 Å². The van der Waals surface area contributed by atoms with E-state index in [-0.39, 0.29) is 25.7 Å². The summed E-state index contributed by atoms with van der Waals surface area (Å²) in [6.45, 7) is 7.21. The Labute approximate surface area is 581 Å². The molecule has 0 aliphatic carbocycles. The van der Waals surface area contributed by atoms with Crippen LogP contribution < -0.4 is 0 Å². The molecule has 0 aliphatic heterocycles. The topological polar surface area (TPSA) is 237 Å². The van der Waals surface area contributed by atoms with Crippen LogP contribution in [0.4, 0.5) is 0 Å². The van der Waals surface area contributed by atoms with Crippen LogP contribution in [0.25, 0.3) is 0 Å². The lowest BCUT2D eigenvalue weighted by Gasteiger charge is -2.21. The van der Waals surface area contributed by atoms with Crippen molar-refractivity contribution < 1.29 is 80.2 Å². The van der Waals surface area contributed by atoms with E-state index in [1.165, 1.54) is 218 Å². The average Bonchev–Trinajstić information content (AvgIpc) is 2.47. The van der Waals surface area contributed by atoms with Crippen LogP contribution in [0.5, 0.6) is 0 Å². The predicted octanol–water partition coefficient (Wildman–Crippen LogP) is 22.5. The van der Waals surface area contributed by atoms with Gasteiger partial charge in [-0.15, -0.1) is 0 Å². The highest BCUT2D eigenvalue weighted by atomic mass is 31.2. The standard InChI is InChI=1S/C76H148O17P2/c1-6-9-12-15-18-21-24-27-28-29-30-31-32-33-36-39-42-45-52-57-62-75(80)92-71(65-86-73(78)59-54-49-43-40-37-34-25-22-19-16-13-10-7-2)67-90-94(82,83)88-63-70(77)64-89-95(84,85)91-68-72(66-87-74(79)60-55-50-47-46-48-53-58-69(4)5)93-76(81)61-56-51-44-41-38-35-26-23-20-17-14-11-8-3/h69-72,77H,6-68H2,1-5H3,(H,82,83)(H,84,85)/t70-,71-,72-/m1/s1. The van der Waals surface area contributed by atoms with E-state index in [2.05, 4.69) is 34.6 Å². The first-order chi connectivity index (χ1) is 46.0. The van der Waals surface area contributed by atoms with Gasteiger partial charge in [0.15, 0.2) is 12.2 Å². The number of aliphatic hydroxyl groups excluding tert-OH is 1. The molecule has 0 spiro atoms. The molecule has 0 amide bonds. The quantitative estimate of drug-likeness (QED) is 0.0222. The Hall–Kier alpha value is -1.94. The first-order valence-corrected chi connectivity index (χ1v) is 42.6. The van der Waals surface area contributed by atoms with E-state index >= 15 is 0 Å². The zero-order chi connectivity index (χ0) is 69.8. The molecule has 0 fully saturated rings. The van der Waals surface area contributed by atoms with Crippen molar-refractivity contribution in [1.29, 1.82) is 0 Å². The van der Waals surface area contributed by atoms with E-state index in [1.807, 2.05) is 0 Å². The predicted molar refractivity (Wildman–Crippen MR) is 386 cm³/mol. The van der Waals surface area contributed by atoms with E-state index < -0.39 is 97.5 Å². The van der Waals surface area contributed by atoms with Gasteiger partial charge in [0.25, 0.3) is 0 Å². The van der Waals surface area contributed by atoms with Crippen LogP contribution in [0.3, 0.4) is 0 Å². The summed E-state index contributed by atoms with van der Waals surface area (Å²) >= 11 is 0. The highest BCUT2D eigenvalue weighted by Gasteiger charge is 2.30. The third-order valence-electron chi connectivity index (χ3n) is 17.8. The lowest BCUT2D eigenvalue weighted by molar-refractivity contribution is -0.161. The van der Waals surface area contributed by atoms with Crippen LogP contribution in [-0.2, 0) is 65.4 Å². The second-order valence-corrected chi connectivity index (χ2v) is 30.8. The second-order valence-electron chi connectivity index (χ2n) is 27.9. The van der Waals surface area contributed by atoms with E-state index in [4.69, 9.17) is 37.0 Å². The zero-order valence-corrected chi connectivity index (χ0v) is 63.6. The molecule has 0 aromatic rings. The lowest BCUT2D eigenvalue weighted by Crippen LogP contribution is -2.30. The number of hydrogen-bond donors (Lipinski definition) is 3. The molecular formula is C76H148O17P2. The highest BCUT2D eigenvalue weighted by Crippen LogP contribution is 2.45. The molecule has 0 aromatic heterocycles. The monoisotopic (exact) mass is 1400 g/mol. The van der Waals surface area contributed by atoms with Crippen LogP contribution >= 0.6 is 15.6 Å². The summed E-state index contributed by atoms with van der Waals surface area (Å²) < 4.78 is 68.5. The first kappa shape index (κ1) is 93.1. The van der Waals surface area contributed by atoms with Crippen molar-refractivity contribution in [2.75, 3.05) is 39.6 Å². The van der Waals surface area contributed by atoms with Crippen molar-refractivity contribution in [3.8, 4) is 0 Å².